The lowest BCUT2D eigenvalue weighted by molar-refractivity contribution is -0.164. The highest BCUT2D eigenvalue weighted by Crippen LogP contribution is 2.20. The molecule has 0 heterocycles. The van der Waals surface area contributed by atoms with Crippen molar-refractivity contribution < 1.29 is 29.3 Å². The summed E-state index contributed by atoms with van der Waals surface area (Å²) in [4.78, 5) is 33.4. The number of rotatable bonds is 10. The molecule has 27 heavy (non-hydrogen) atoms. The zero-order chi connectivity index (χ0) is 19.6. The standard InChI is InChI=1S/C21H22O6/c22-19(23)7-4-8-20(24)27-18(21(25)26)14-11-15-9-12-17(13-10-15)16-5-2-1-3-6-16/h1-3,5-6,9-10,12-13,18H,4,7-8,11,14H2,(H,22,23)(H,25,26). The first kappa shape index (κ1) is 20.2. The van der Waals surface area contributed by atoms with E-state index in [1.165, 1.54) is 0 Å². The summed E-state index contributed by atoms with van der Waals surface area (Å²) >= 11 is 0. The van der Waals surface area contributed by atoms with Crippen LogP contribution < -0.4 is 0 Å². The molecule has 0 saturated carbocycles. The maximum atomic E-state index is 11.7. The number of aryl methyl sites for hydroxylation is 1. The van der Waals surface area contributed by atoms with Crippen LogP contribution in [0.25, 0.3) is 11.1 Å². The summed E-state index contributed by atoms with van der Waals surface area (Å²) in [6.45, 7) is 0. The fraction of sp³-hybridized carbons (Fsp3) is 0.286. The Morgan fingerprint density at radius 3 is 2.07 bits per heavy atom. The molecule has 6 heteroatoms. The smallest absolute Gasteiger partial charge is 0.345 e. The minimum Gasteiger partial charge on any atom is -0.481 e. The first-order chi connectivity index (χ1) is 13.0. The molecular formula is C21H22O6. The van der Waals surface area contributed by atoms with Gasteiger partial charge in [0.2, 0.25) is 0 Å². The van der Waals surface area contributed by atoms with Gasteiger partial charge in [-0.2, -0.15) is 0 Å². The topological polar surface area (TPSA) is 101 Å². The number of esters is 1. The number of benzene rings is 2. The van der Waals surface area contributed by atoms with E-state index < -0.39 is 24.0 Å². The van der Waals surface area contributed by atoms with Gasteiger partial charge in [0.25, 0.3) is 0 Å². The molecule has 0 bridgehead atoms. The largest absolute Gasteiger partial charge is 0.481 e. The Morgan fingerprint density at radius 2 is 1.48 bits per heavy atom. The summed E-state index contributed by atoms with van der Waals surface area (Å²) < 4.78 is 4.98. The fourth-order valence-corrected chi connectivity index (χ4v) is 2.63. The van der Waals surface area contributed by atoms with Crippen LogP contribution in [0.4, 0.5) is 0 Å². The van der Waals surface area contributed by atoms with Crippen molar-refractivity contribution in [2.75, 3.05) is 0 Å². The van der Waals surface area contributed by atoms with E-state index in [2.05, 4.69) is 0 Å². The van der Waals surface area contributed by atoms with Crippen molar-refractivity contribution in [1.82, 2.24) is 0 Å². The number of carbonyl (C=O) groups is 3. The van der Waals surface area contributed by atoms with E-state index in [1.54, 1.807) is 0 Å². The van der Waals surface area contributed by atoms with Gasteiger partial charge in [0.1, 0.15) is 0 Å². The van der Waals surface area contributed by atoms with Gasteiger partial charge in [-0.1, -0.05) is 54.6 Å². The second-order valence-electron chi connectivity index (χ2n) is 6.17. The number of hydrogen-bond acceptors (Lipinski definition) is 4. The molecule has 0 aliphatic carbocycles. The van der Waals surface area contributed by atoms with E-state index in [-0.39, 0.29) is 25.7 Å². The summed E-state index contributed by atoms with van der Waals surface area (Å²) in [5, 5.41) is 17.8. The minimum absolute atomic E-state index is 0.109. The Bertz CT molecular complexity index is 767. The summed E-state index contributed by atoms with van der Waals surface area (Å²) in [6.07, 6.45) is -0.764. The van der Waals surface area contributed by atoms with E-state index in [0.717, 1.165) is 16.7 Å². The van der Waals surface area contributed by atoms with Crippen molar-refractivity contribution >= 4 is 17.9 Å². The van der Waals surface area contributed by atoms with Crippen LogP contribution in [-0.4, -0.2) is 34.2 Å². The molecule has 1 atom stereocenters. The van der Waals surface area contributed by atoms with Gasteiger partial charge in [-0.05, 0) is 36.0 Å². The first-order valence-electron chi connectivity index (χ1n) is 8.74. The van der Waals surface area contributed by atoms with Crippen LogP contribution in [0.15, 0.2) is 54.6 Å². The quantitative estimate of drug-likeness (QED) is 0.621. The van der Waals surface area contributed by atoms with Crippen LogP contribution in [0.2, 0.25) is 0 Å². The third kappa shape index (κ3) is 6.93. The van der Waals surface area contributed by atoms with E-state index in [9.17, 15) is 19.5 Å². The number of aliphatic carboxylic acids is 2. The Balaban J connectivity index is 1.87. The molecule has 0 amide bonds. The molecule has 0 radical (unpaired) electrons. The van der Waals surface area contributed by atoms with E-state index in [1.807, 2.05) is 54.6 Å². The number of ether oxygens (including phenoxy) is 1. The van der Waals surface area contributed by atoms with Crippen LogP contribution in [0, 0.1) is 0 Å². The van der Waals surface area contributed by atoms with Gasteiger partial charge in [-0.25, -0.2) is 4.79 Å². The lowest BCUT2D eigenvalue weighted by atomic mass is 10.0. The van der Waals surface area contributed by atoms with Crippen LogP contribution in [0.5, 0.6) is 0 Å². The molecular weight excluding hydrogens is 348 g/mol. The Morgan fingerprint density at radius 1 is 0.852 bits per heavy atom. The van der Waals surface area contributed by atoms with Crippen molar-refractivity contribution in [1.29, 1.82) is 0 Å². The summed E-state index contributed by atoms with van der Waals surface area (Å²) in [5.41, 5.74) is 3.12. The average molecular weight is 370 g/mol. The number of hydrogen-bond donors (Lipinski definition) is 2. The predicted molar refractivity (Wildman–Crippen MR) is 99.2 cm³/mol. The van der Waals surface area contributed by atoms with Gasteiger partial charge in [-0.3, -0.25) is 9.59 Å². The highest BCUT2D eigenvalue weighted by Gasteiger charge is 2.22. The van der Waals surface area contributed by atoms with Crippen LogP contribution in [0.1, 0.15) is 31.2 Å². The van der Waals surface area contributed by atoms with Gasteiger partial charge in [-0.15, -0.1) is 0 Å². The summed E-state index contributed by atoms with van der Waals surface area (Å²) in [7, 11) is 0. The van der Waals surface area contributed by atoms with Crippen molar-refractivity contribution in [3.8, 4) is 11.1 Å². The second-order valence-corrected chi connectivity index (χ2v) is 6.17. The molecule has 6 nitrogen and oxygen atoms in total. The molecule has 2 rings (SSSR count). The maximum absolute atomic E-state index is 11.7. The molecule has 0 saturated heterocycles. The predicted octanol–water partition coefficient (Wildman–Crippen LogP) is 3.54. The van der Waals surface area contributed by atoms with E-state index >= 15 is 0 Å². The number of carboxylic acid groups (broad SMARTS) is 2. The molecule has 0 aromatic heterocycles. The SMILES string of the molecule is O=C(O)CCCC(=O)OC(CCc1ccc(-c2ccccc2)cc1)C(=O)O. The van der Waals surface area contributed by atoms with Crippen molar-refractivity contribution in [3.63, 3.8) is 0 Å². The Hall–Kier alpha value is -3.15. The number of carboxylic acids is 2. The summed E-state index contributed by atoms with van der Waals surface area (Å²) in [5.74, 6) is -2.90. The Kier molecular flexibility index (Phi) is 7.55. The molecule has 0 aliphatic rings. The van der Waals surface area contributed by atoms with Crippen molar-refractivity contribution in [3.05, 3.63) is 60.2 Å². The van der Waals surface area contributed by atoms with Gasteiger partial charge < -0.3 is 14.9 Å². The first-order valence-corrected chi connectivity index (χ1v) is 8.74. The molecule has 142 valence electrons. The monoisotopic (exact) mass is 370 g/mol. The van der Waals surface area contributed by atoms with Crippen molar-refractivity contribution in [2.24, 2.45) is 0 Å². The molecule has 2 aromatic carbocycles. The lowest BCUT2D eigenvalue weighted by Crippen LogP contribution is -2.27. The third-order valence-electron chi connectivity index (χ3n) is 4.08. The lowest BCUT2D eigenvalue weighted by Gasteiger charge is -2.14. The fourth-order valence-electron chi connectivity index (χ4n) is 2.63. The zero-order valence-electron chi connectivity index (χ0n) is 14.8. The van der Waals surface area contributed by atoms with Gasteiger partial charge >= 0.3 is 17.9 Å². The number of carbonyl (C=O) groups excluding carboxylic acids is 1. The highest BCUT2D eigenvalue weighted by molar-refractivity contribution is 5.78. The Labute approximate surface area is 157 Å². The average Bonchev–Trinajstić information content (AvgIpc) is 2.65. The zero-order valence-corrected chi connectivity index (χ0v) is 14.8. The molecule has 0 spiro atoms. The van der Waals surface area contributed by atoms with Crippen LogP contribution in [-0.2, 0) is 25.5 Å². The molecule has 2 N–H and O–H groups in total. The third-order valence-corrected chi connectivity index (χ3v) is 4.08. The van der Waals surface area contributed by atoms with Gasteiger partial charge in [0.05, 0.1) is 0 Å². The molecule has 0 fully saturated rings. The van der Waals surface area contributed by atoms with Gasteiger partial charge in [0, 0.05) is 12.8 Å². The van der Waals surface area contributed by atoms with E-state index in [4.69, 9.17) is 9.84 Å². The van der Waals surface area contributed by atoms with Crippen LogP contribution in [0.3, 0.4) is 0 Å². The molecule has 2 aromatic rings. The maximum Gasteiger partial charge on any atom is 0.345 e. The van der Waals surface area contributed by atoms with Crippen molar-refractivity contribution in [2.45, 2.75) is 38.2 Å². The highest BCUT2D eigenvalue weighted by atomic mass is 16.6. The van der Waals surface area contributed by atoms with Gasteiger partial charge in [0.15, 0.2) is 6.10 Å². The normalized spacial score (nSPS) is 11.6. The molecule has 0 aliphatic heterocycles. The van der Waals surface area contributed by atoms with Crippen LogP contribution >= 0.6 is 0 Å². The summed E-state index contributed by atoms with van der Waals surface area (Å²) in [6, 6.07) is 17.7. The minimum atomic E-state index is -1.24. The van der Waals surface area contributed by atoms with E-state index in [0.29, 0.717) is 6.42 Å². The second kappa shape index (κ2) is 10.1. The molecule has 1 unspecified atom stereocenters.